The highest BCUT2D eigenvalue weighted by atomic mass is 28.4. The molecule has 0 saturated carbocycles. The maximum absolute atomic E-state index is 12.6. The van der Waals surface area contributed by atoms with Crippen LogP contribution < -0.4 is 10.6 Å². The molecule has 2 rings (SSSR count). The molecule has 0 saturated heterocycles. The Morgan fingerprint density at radius 2 is 1.37 bits per heavy atom. The zero-order valence-electron chi connectivity index (χ0n) is 22.7. The van der Waals surface area contributed by atoms with Crippen LogP contribution >= 0.6 is 0 Å². The van der Waals surface area contributed by atoms with Gasteiger partial charge in [-0.05, 0) is 41.1 Å². The van der Waals surface area contributed by atoms with Gasteiger partial charge in [0.1, 0.15) is 0 Å². The molecule has 6 heteroatoms. The topological polar surface area (TPSA) is 59.6 Å². The maximum atomic E-state index is 12.6. The van der Waals surface area contributed by atoms with Crippen molar-refractivity contribution in [3.8, 4) is 0 Å². The molecule has 0 heterocycles. The van der Waals surface area contributed by atoms with E-state index in [1.54, 1.807) is 0 Å². The fraction of sp³-hybridized carbons (Fsp3) is 0.552. The molecule has 194 valence electrons. The van der Waals surface area contributed by atoms with Crippen molar-refractivity contribution in [3.05, 3.63) is 71.8 Å². The number of carbonyl (C=O) groups is 1. The lowest BCUT2D eigenvalue weighted by Gasteiger charge is -2.42. The average Bonchev–Trinajstić information content (AvgIpc) is 2.83. The summed E-state index contributed by atoms with van der Waals surface area (Å²) in [7, 11) is -1.94. The Balaban J connectivity index is 1.98. The Morgan fingerprint density at radius 3 is 1.91 bits per heavy atom. The van der Waals surface area contributed by atoms with Gasteiger partial charge in [0.25, 0.3) is 0 Å². The van der Waals surface area contributed by atoms with Gasteiger partial charge in [-0.25, -0.2) is 4.79 Å². The molecule has 2 N–H and O–H groups in total. The smallest absolute Gasteiger partial charge is 0.315 e. The summed E-state index contributed by atoms with van der Waals surface area (Å²) in [5.74, 6) is 0. The standard InChI is InChI=1S/C29H46N2O3Si/c1-22(2)35(23(3)4,24(5)6)34-19-18-28(33-21-26-14-10-8-11-15-26)20-30-29(32)31-25(7)27-16-12-9-13-17-27/h8-17,22-25,28H,18-21H2,1-7H3,(H2,30,31,32)/t25-,28+/m0/s1. The molecule has 0 spiro atoms. The average molecular weight is 499 g/mol. The van der Waals surface area contributed by atoms with Crippen molar-refractivity contribution in [2.45, 2.75) is 90.3 Å². The van der Waals surface area contributed by atoms with E-state index in [1.807, 2.05) is 55.5 Å². The van der Waals surface area contributed by atoms with E-state index in [0.717, 1.165) is 17.5 Å². The molecule has 5 nitrogen and oxygen atoms in total. The molecule has 0 fully saturated rings. The quantitative estimate of drug-likeness (QED) is 0.270. The van der Waals surface area contributed by atoms with Gasteiger partial charge in [0.05, 0.1) is 18.8 Å². The van der Waals surface area contributed by atoms with Crippen molar-refractivity contribution >= 4 is 14.3 Å². The van der Waals surface area contributed by atoms with Gasteiger partial charge in [0.15, 0.2) is 8.32 Å². The number of urea groups is 1. The van der Waals surface area contributed by atoms with E-state index in [4.69, 9.17) is 9.16 Å². The van der Waals surface area contributed by atoms with Crippen molar-refractivity contribution in [1.29, 1.82) is 0 Å². The van der Waals surface area contributed by atoms with Crippen LogP contribution in [0.3, 0.4) is 0 Å². The highest BCUT2D eigenvalue weighted by Crippen LogP contribution is 2.42. The largest absolute Gasteiger partial charge is 0.416 e. The molecule has 0 aliphatic carbocycles. The molecule has 0 bridgehead atoms. The van der Waals surface area contributed by atoms with E-state index in [2.05, 4.69) is 64.3 Å². The molecule has 2 aromatic carbocycles. The molecule has 0 aliphatic rings. The third kappa shape index (κ3) is 8.78. The Bertz CT molecular complexity index is 837. The minimum atomic E-state index is -1.94. The van der Waals surface area contributed by atoms with Crippen molar-refractivity contribution in [2.75, 3.05) is 13.2 Å². The summed E-state index contributed by atoms with van der Waals surface area (Å²) in [5.41, 5.74) is 3.81. The summed E-state index contributed by atoms with van der Waals surface area (Å²) >= 11 is 0. The third-order valence-electron chi connectivity index (χ3n) is 6.96. The second kappa shape index (κ2) is 14.4. The van der Waals surface area contributed by atoms with Crippen LogP contribution in [0.1, 0.15) is 72.1 Å². The second-order valence-corrected chi connectivity index (χ2v) is 15.8. The summed E-state index contributed by atoms with van der Waals surface area (Å²) in [6.07, 6.45) is 0.605. The van der Waals surface area contributed by atoms with Crippen LogP contribution in [-0.2, 0) is 15.8 Å². The lowest BCUT2D eigenvalue weighted by Crippen LogP contribution is -2.48. The van der Waals surface area contributed by atoms with E-state index in [1.165, 1.54) is 0 Å². The lowest BCUT2D eigenvalue weighted by molar-refractivity contribution is 0.0268. The van der Waals surface area contributed by atoms with Crippen LogP contribution in [0.2, 0.25) is 16.6 Å². The van der Waals surface area contributed by atoms with Gasteiger partial charge in [-0.1, -0.05) is 102 Å². The first-order valence-corrected chi connectivity index (χ1v) is 15.2. The molecular weight excluding hydrogens is 452 g/mol. The lowest BCUT2D eigenvalue weighted by atomic mass is 10.1. The van der Waals surface area contributed by atoms with Crippen LogP contribution in [0.4, 0.5) is 4.79 Å². The SMILES string of the molecule is CC(C)[Si](OCC[C@H](CNC(=O)N[C@@H](C)c1ccccc1)OCc1ccccc1)(C(C)C)C(C)C. The Labute approximate surface area is 214 Å². The number of ether oxygens (including phenoxy) is 1. The number of benzene rings is 2. The second-order valence-electron chi connectivity index (χ2n) is 10.4. The van der Waals surface area contributed by atoms with Gasteiger partial charge in [0.2, 0.25) is 0 Å². The predicted octanol–water partition coefficient (Wildman–Crippen LogP) is 7.21. The van der Waals surface area contributed by atoms with Gasteiger partial charge in [-0.3, -0.25) is 0 Å². The van der Waals surface area contributed by atoms with Crippen LogP contribution in [0.5, 0.6) is 0 Å². The summed E-state index contributed by atoms with van der Waals surface area (Å²) in [4.78, 5) is 12.6. The summed E-state index contributed by atoms with van der Waals surface area (Å²) < 4.78 is 13.0. The van der Waals surface area contributed by atoms with Crippen LogP contribution in [0.15, 0.2) is 60.7 Å². The molecule has 35 heavy (non-hydrogen) atoms. The first kappa shape index (κ1) is 29.1. The summed E-state index contributed by atoms with van der Waals surface area (Å²) in [6.45, 7) is 17.4. The number of carbonyl (C=O) groups excluding carboxylic acids is 1. The Hall–Kier alpha value is -2.15. The van der Waals surface area contributed by atoms with Crippen molar-refractivity contribution in [3.63, 3.8) is 0 Å². The number of nitrogens with one attached hydrogen (secondary N) is 2. The van der Waals surface area contributed by atoms with Gasteiger partial charge in [0, 0.05) is 13.2 Å². The molecule has 0 radical (unpaired) electrons. The number of rotatable bonds is 14. The van der Waals surface area contributed by atoms with Crippen LogP contribution in [-0.4, -0.2) is 33.6 Å². The third-order valence-corrected chi connectivity index (χ3v) is 13.1. The van der Waals surface area contributed by atoms with Crippen LogP contribution in [0, 0.1) is 0 Å². The highest BCUT2D eigenvalue weighted by molar-refractivity contribution is 6.77. The van der Waals surface area contributed by atoms with Gasteiger partial charge >= 0.3 is 6.03 Å². The van der Waals surface area contributed by atoms with Crippen LogP contribution in [0.25, 0.3) is 0 Å². The normalized spacial score (nSPS) is 13.8. The van der Waals surface area contributed by atoms with E-state index in [-0.39, 0.29) is 18.2 Å². The monoisotopic (exact) mass is 498 g/mol. The van der Waals surface area contributed by atoms with E-state index in [0.29, 0.717) is 36.4 Å². The van der Waals surface area contributed by atoms with E-state index in [9.17, 15) is 4.79 Å². The fourth-order valence-electron chi connectivity index (χ4n) is 5.18. The molecule has 2 atom stereocenters. The number of amides is 2. The molecule has 0 aromatic heterocycles. The molecule has 0 aliphatic heterocycles. The number of hydrogen-bond acceptors (Lipinski definition) is 3. The molecule has 2 amide bonds. The van der Waals surface area contributed by atoms with Gasteiger partial charge in [-0.2, -0.15) is 0 Å². The first-order chi connectivity index (χ1) is 16.7. The van der Waals surface area contributed by atoms with E-state index < -0.39 is 8.32 Å². The highest BCUT2D eigenvalue weighted by Gasteiger charge is 2.44. The van der Waals surface area contributed by atoms with Crippen molar-refractivity contribution in [1.82, 2.24) is 10.6 Å². The minimum absolute atomic E-state index is 0.0713. The zero-order chi connectivity index (χ0) is 25.8. The Kier molecular flexibility index (Phi) is 12.0. The number of hydrogen-bond donors (Lipinski definition) is 2. The summed E-state index contributed by atoms with van der Waals surface area (Å²) in [6, 6.07) is 19.9. The first-order valence-electron chi connectivity index (χ1n) is 13.1. The molecule has 2 aromatic rings. The predicted molar refractivity (Wildman–Crippen MR) is 148 cm³/mol. The summed E-state index contributed by atoms with van der Waals surface area (Å²) in [5, 5.41) is 6.04. The minimum Gasteiger partial charge on any atom is -0.416 e. The zero-order valence-corrected chi connectivity index (χ0v) is 23.7. The van der Waals surface area contributed by atoms with E-state index >= 15 is 0 Å². The van der Waals surface area contributed by atoms with Gasteiger partial charge < -0.3 is 19.8 Å². The van der Waals surface area contributed by atoms with Crippen molar-refractivity contribution < 1.29 is 14.0 Å². The maximum Gasteiger partial charge on any atom is 0.315 e. The Morgan fingerprint density at radius 1 is 0.829 bits per heavy atom. The van der Waals surface area contributed by atoms with Gasteiger partial charge in [-0.15, -0.1) is 0 Å². The molecule has 0 unspecified atom stereocenters. The van der Waals surface area contributed by atoms with Crippen molar-refractivity contribution in [2.24, 2.45) is 0 Å². The fourth-order valence-corrected chi connectivity index (χ4v) is 10.7. The molecular formula is C29H46N2O3Si.